The minimum atomic E-state index is -4.84. The molecule has 1 aliphatic rings. The Morgan fingerprint density at radius 1 is 1.30 bits per heavy atom. The smallest absolute Gasteiger partial charge is 0.423 e. The number of aliphatic hydroxyl groups excluding tert-OH is 1. The zero-order chi connectivity index (χ0) is 17.7. The molecule has 23 heavy (non-hydrogen) atoms. The van der Waals surface area contributed by atoms with Crippen LogP contribution in [0.25, 0.3) is 0 Å². The van der Waals surface area contributed by atoms with Crippen LogP contribution in [0.1, 0.15) is 0 Å². The molecule has 0 spiro atoms. The lowest BCUT2D eigenvalue weighted by Crippen LogP contribution is -2.37. The molecule has 0 bridgehead atoms. The number of aliphatic imine (C=N–C) groups is 1. The first-order valence-corrected chi connectivity index (χ1v) is 11.0. The predicted octanol–water partition coefficient (Wildman–Crippen LogP) is 2.19. The number of nitrogens with zero attached hydrogens (tertiary/aromatic N) is 1. The highest BCUT2D eigenvalue weighted by atomic mass is 28.3. The van der Waals surface area contributed by atoms with Crippen LogP contribution in [-0.4, -0.2) is 63.8 Å². The fraction of sp³-hybridized carbons (Fsp3) is 0.714. The van der Waals surface area contributed by atoms with Crippen molar-refractivity contribution in [3.8, 4) is 0 Å². The Kier molecular flexibility index (Phi) is 6.96. The van der Waals surface area contributed by atoms with Gasteiger partial charge in [-0.3, -0.25) is 9.79 Å². The summed E-state index contributed by atoms with van der Waals surface area (Å²) in [6, 6.07) is -0.362. The number of allylic oxidation sites excluding steroid dienone is 1. The molecule has 1 atom stereocenters. The summed E-state index contributed by atoms with van der Waals surface area (Å²) in [5.74, 6) is -1.82. The van der Waals surface area contributed by atoms with Crippen LogP contribution in [0.3, 0.4) is 0 Å². The molecular weight excluding hydrogens is 331 g/mol. The molecule has 132 valence electrons. The number of aliphatic hydroxyl groups is 1. The molecule has 0 aromatic heterocycles. The van der Waals surface area contributed by atoms with Gasteiger partial charge < -0.3 is 14.6 Å². The molecule has 0 saturated heterocycles. The van der Waals surface area contributed by atoms with E-state index >= 15 is 0 Å². The molecule has 0 aliphatic carbocycles. The zero-order valence-corrected chi connectivity index (χ0v) is 14.4. The monoisotopic (exact) mass is 353 g/mol. The molecule has 1 aliphatic heterocycles. The number of rotatable bonds is 8. The van der Waals surface area contributed by atoms with E-state index in [4.69, 9.17) is 14.6 Å². The fourth-order valence-corrected chi connectivity index (χ4v) is 2.57. The molecule has 0 aromatic carbocycles. The maximum atomic E-state index is 13.1. The van der Waals surface area contributed by atoms with Crippen LogP contribution in [0.15, 0.2) is 16.3 Å². The molecule has 1 unspecified atom stereocenters. The highest BCUT2D eigenvalue weighted by Crippen LogP contribution is 2.32. The minimum Gasteiger partial charge on any atom is -0.489 e. The van der Waals surface area contributed by atoms with Gasteiger partial charge in [0.15, 0.2) is 11.5 Å². The lowest BCUT2D eigenvalue weighted by atomic mass is 10.0. The predicted molar refractivity (Wildman–Crippen MR) is 82.4 cm³/mol. The second-order valence-corrected chi connectivity index (χ2v) is 12.0. The topological polar surface area (TPSA) is 68.1 Å². The molecule has 0 amide bonds. The van der Waals surface area contributed by atoms with E-state index in [9.17, 15) is 18.0 Å². The molecule has 0 aromatic rings. The van der Waals surface area contributed by atoms with E-state index in [0.717, 1.165) is 12.3 Å². The third-order valence-electron chi connectivity index (χ3n) is 3.07. The fourth-order valence-electron chi connectivity index (χ4n) is 1.81. The number of hydrogen-bond acceptors (Lipinski definition) is 5. The van der Waals surface area contributed by atoms with Gasteiger partial charge in [0.25, 0.3) is 0 Å². The average molecular weight is 353 g/mol. The van der Waals surface area contributed by atoms with E-state index in [1.165, 1.54) is 0 Å². The molecule has 0 radical (unpaired) electrons. The second-order valence-electron chi connectivity index (χ2n) is 6.35. The number of alkyl halides is 3. The number of ketones is 1. The SMILES string of the molecule is C[Si](C)(C)CCOCC1N=CC(OCCO)=C(C(F)(F)F)C1=O. The van der Waals surface area contributed by atoms with Crippen molar-refractivity contribution in [2.75, 3.05) is 26.4 Å². The summed E-state index contributed by atoms with van der Waals surface area (Å²) in [4.78, 5) is 15.8. The number of carbonyl (C=O) groups excluding carboxylic acids is 1. The average Bonchev–Trinajstić information content (AvgIpc) is 2.40. The summed E-state index contributed by atoms with van der Waals surface area (Å²) in [5.41, 5.74) is -1.38. The summed E-state index contributed by atoms with van der Waals surface area (Å²) in [6.45, 7) is 5.85. The molecule has 0 saturated carbocycles. The number of dihydropyridines is 1. The van der Waals surface area contributed by atoms with E-state index in [2.05, 4.69) is 24.6 Å². The molecule has 9 heteroatoms. The van der Waals surface area contributed by atoms with Gasteiger partial charge in [-0.05, 0) is 6.04 Å². The molecule has 5 nitrogen and oxygen atoms in total. The van der Waals surface area contributed by atoms with Gasteiger partial charge in [0.2, 0.25) is 0 Å². The van der Waals surface area contributed by atoms with Gasteiger partial charge in [-0.2, -0.15) is 13.2 Å². The Labute approximate surface area is 134 Å². The number of halogens is 3. The van der Waals surface area contributed by atoms with Gasteiger partial charge in [0.1, 0.15) is 18.2 Å². The highest BCUT2D eigenvalue weighted by molar-refractivity contribution is 6.76. The number of carbonyl (C=O) groups is 1. The van der Waals surface area contributed by atoms with Crippen molar-refractivity contribution in [1.82, 2.24) is 0 Å². The van der Waals surface area contributed by atoms with Gasteiger partial charge in [-0.15, -0.1) is 0 Å². The van der Waals surface area contributed by atoms with Crippen LogP contribution in [0.5, 0.6) is 0 Å². The van der Waals surface area contributed by atoms with Crippen molar-refractivity contribution < 1.29 is 32.5 Å². The number of Topliss-reactive ketones (excluding diaryl/α,β-unsaturated/α-hetero) is 1. The van der Waals surface area contributed by atoms with Gasteiger partial charge >= 0.3 is 6.18 Å². The van der Waals surface area contributed by atoms with Crippen molar-refractivity contribution in [3.63, 3.8) is 0 Å². The zero-order valence-electron chi connectivity index (χ0n) is 13.4. The van der Waals surface area contributed by atoms with Crippen LogP contribution >= 0.6 is 0 Å². The summed E-state index contributed by atoms with van der Waals surface area (Å²) in [6.07, 6.45) is -3.96. The second kappa shape index (κ2) is 8.07. The minimum absolute atomic E-state index is 0.188. The summed E-state index contributed by atoms with van der Waals surface area (Å²) >= 11 is 0. The summed E-state index contributed by atoms with van der Waals surface area (Å²) in [5, 5.41) is 8.64. The van der Waals surface area contributed by atoms with Crippen molar-refractivity contribution in [2.45, 2.75) is 37.9 Å². The van der Waals surface area contributed by atoms with Crippen molar-refractivity contribution >= 4 is 20.1 Å². The van der Waals surface area contributed by atoms with E-state index in [0.29, 0.717) is 6.61 Å². The highest BCUT2D eigenvalue weighted by Gasteiger charge is 2.46. The summed E-state index contributed by atoms with van der Waals surface area (Å²) < 4.78 is 49.3. The Balaban J connectivity index is 2.73. The van der Waals surface area contributed by atoms with E-state index < -0.39 is 44.0 Å². The molecular formula is C14H22F3NO4Si. The number of hydrogen-bond donors (Lipinski definition) is 1. The Morgan fingerprint density at radius 2 is 1.96 bits per heavy atom. The first-order valence-electron chi connectivity index (χ1n) is 7.26. The first kappa shape index (κ1) is 19.9. The van der Waals surface area contributed by atoms with Gasteiger partial charge in [0.05, 0.1) is 19.4 Å². The standard InChI is InChI=1S/C14H22F3NO4Si/c1-23(2,3)7-6-21-9-10-13(20)12(14(15,16)17)11(8-18-10)22-5-4-19/h8,10,19H,4-7,9H2,1-3H3. The lowest BCUT2D eigenvalue weighted by Gasteiger charge is -2.23. The largest absolute Gasteiger partial charge is 0.489 e. The van der Waals surface area contributed by atoms with Crippen LogP contribution < -0.4 is 0 Å². The van der Waals surface area contributed by atoms with Crippen molar-refractivity contribution in [2.24, 2.45) is 4.99 Å². The van der Waals surface area contributed by atoms with E-state index in [1.54, 1.807) is 0 Å². The van der Waals surface area contributed by atoms with Gasteiger partial charge in [-0.25, -0.2) is 0 Å². The number of ether oxygens (including phenoxy) is 2. The maximum Gasteiger partial charge on any atom is 0.423 e. The normalized spacial score (nSPS) is 19.4. The van der Waals surface area contributed by atoms with Crippen LogP contribution in [-0.2, 0) is 14.3 Å². The third-order valence-corrected chi connectivity index (χ3v) is 4.78. The Hall–Kier alpha value is -1.19. The van der Waals surface area contributed by atoms with Gasteiger partial charge in [-0.1, -0.05) is 19.6 Å². The Bertz CT molecular complexity index is 483. The molecule has 1 N–H and O–H groups in total. The molecule has 1 heterocycles. The van der Waals surface area contributed by atoms with Crippen LogP contribution in [0.2, 0.25) is 25.7 Å². The van der Waals surface area contributed by atoms with E-state index in [-0.39, 0.29) is 13.2 Å². The third kappa shape index (κ3) is 6.44. The maximum absolute atomic E-state index is 13.1. The Morgan fingerprint density at radius 3 is 2.48 bits per heavy atom. The van der Waals surface area contributed by atoms with Crippen LogP contribution in [0.4, 0.5) is 13.2 Å². The lowest BCUT2D eigenvalue weighted by molar-refractivity contribution is -0.132. The first-order chi connectivity index (χ1) is 10.6. The van der Waals surface area contributed by atoms with Crippen LogP contribution in [0, 0.1) is 0 Å². The molecule has 0 fully saturated rings. The van der Waals surface area contributed by atoms with Crippen molar-refractivity contribution in [1.29, 1.82) is 0 Å². The quantitative estimate of drug-likeness (QED) is 0.536. The molecule has 1 rings (SSSR count). The van der Waals surface area contributed by atoms with Crippen molar-refractivity contribution in [3.05, 3.63) is 11.3 Å². The summed E-state index contributed by atoms with van der Waals surface area (Å²) in [7, 11) is -1.31. The van der Waals surface area contributed by atoms with E-state index in [1.807, 2.05) is 0 Å². The van der Waals surface area contributed by atoms with Gasteiger partial charge in [0, 0.05) is 14.7 Å².